The van der Waals surface area contributed by atoms with E-state index in [2.05, 4.69) is 15.0 Å². The number of anilines is 1. The number of benzene rings is 2. The Bertz CT molecular complexity index is 1910. The summed E-state index contributed by atoms with van der Waals surface area (Å²) in [4.78, 5) is 26.6. The van der Waals surface area contributed by atoms with E-state index in [0.717, 1.165) is 18.4 Å². The van der Waals surface area contributed by atoms with Crippen LogP contribution >= 0.6 is 0 Å². The first-order valence-corrected chi connectivity index (χ1v) is 13.1. The number of nitrogens with two attached hydrogens (primary N) is 1. The normalized spacial score (nSPS) is 13.0. The van der Waals surface area contributed by atoms with Gasteiger partial charge in [-0.05, 0) is 47.9 Å². The zero-order valence-corrected chi connectivity index (χ0v) is 21.9. The van der Waals surface area contributed by atoms with Crippen LogP contribution in [0.3, 0.4) is 0 Å². The van der Waals surface area contributed by atoms with E-state index in [1.807, 2.05) is 12.3 Å². The highest BCUT2D eigenvalue weighted by Crippen LogP contribution is 2.41. The quantitative estimate of drug-likeness (QED) is 0.246. The number of hydrogen-bond acceptors (Lipinski definition) is 8. The van der Waals surface area contributed by atoms with Gasteiger partial charge in [-0.1, -0.05) is 27.6 Å². The molecular weight excluding hydrogens is 527 g/mol. The minimum absolute atomic E-state index is 0.0133. The van der Waals surface area contributed by atoms with Crippen LogP contribution in [0.5, 0.6) is 0 Å². The molecule has 5 aromatic rings. The maximum Gasteiger partial charge on any atom is 0.265 e. The molecule has 1 aliphatic carbocycles. The third-order valence-electron chi connectivity index (χ3n) is 7.21. The van der Waals surface area contributed by atoms with E-state index in [9.17, 15) is 20.3 Å². The fourth-order valence-corrected chi connectivity index (χ4v) is 5.16. The SMILES string of the molecule is N#Cn1cc(Cc2nc(N)nc(-c3cccc(-n4ccc5cc(C6CC6)cc(F)c5c4=O)c3CO)n2)c[n+]1CCO. The molecule has 0 unspecified atom stereocenters. The molecule has 1 aliphatic rings. The summed E-state index contributed by atoms with van der Waals surface area (Å²) in [6.07, 6.45) is 9.17. The third kappa shape index (κ3) is 4.93. The van der Waals surface area contributed by atoms with Gasteiger partial charge in [-0.15, -0.1) is 0 Å². The van der Waals surface area contributed by atoms with Crippen LogP contribution in [0, 0.1) is 17.3 Å². The van der Waals surface area contributed by atoms with Crippen molar-refractivity contribution in [3.05, 3.63) is 93.7 Å². The lowest BCUT2D eigenvalue weighted by molar-refractivity contribution is -0.766. The molecule has 0 saturated heterocycles. The van der Waals surface area contributed by atoms with Crippen LogP contribution in [-0.2, 0) is 19.6 Å². The van der Waals surface area contributed by atoms with Crippen LogP contribution < -0.4 is 16.0 Å². The molecule has 3 aromatic heterocycles. The Balaban J connectivity index is 1.41. The van der Waals surface area contributed by atoms with E-state index in [0.29, 0.717) is 39.5 Å². The van der Waals surface area contributed by atoms with Crippen molar-refractivity contribution in [2.24, 2.45) is 0 Å². The highest BCUT2D eigenvalue weighted by atomic mass is 19.1. The molecule has 2 aromatic carbocycles. The van der Waals surface area contributed by atoms with E-state index in [1.165, 1.54) is 15.3 Å². The Kier molecular flexibility index (Phi) is 6.74. The van der Waals surface area contributed by atoms with Gasteiger partial charge in [-0.2, -0.15) is 15.2 Å². The van der Waals surface area contributed by atoms with Crippen LogP contribution in [0.25, 0.3) is 27.8 Å². The molecule has 12 heteroatoms. The summed E-state index contributed by atoms with van der Waals surface area (Å²) < 4.78 is 19.3. The Morgan fingerprint density at radius 2 is 2.00 bits per heavy atom. The van der Waals surface area contributed by atoms with E-state index >= 15 is 4.39 Å². The minimum Gasteiger partial charge on any atom is -0.392 e. The second-order valence-electron chi connectivity index (χ2n) is 9.97. The van der Waals surface area contributed by atoms with Crippen molar-refractivity contribution >= 4 is 16.7 Å². The van der Waals surface area contributed by atoms with Gasteiger partial charge in [-0.3, -0.25) is 9.36 Å². The molecule has 11 nitrogen and oxygen atoms in total. The summed E-state index contributed by atoms with van der Waals surface area (Å²) >= 11 is 0. The molecule has 6 rings (SSSR count). The second kappa shape index (κ2) is 10.5. The molecule has 0 atom stereocenters. The predicted molar refractivity (Wildman–Crippen MR) is 146 cm³/mol. The van der Waals surface area contributed by atoms with Gasteiger partial charge >= 0.3 is 0 Å². The smallest absolute Gasteiger partial charge is 0.265 e. The number of fused-ring (bicyclic) bond motifs is 1. The monoisotopic (exact) mass is 553 g/mol. The zero-order chi connectivity index (χ0) is 28.7. The van der Waals surface area contributed by atoms with Gasteiger partial charge in [0.1, 0.15) is 18.2 Å². The van der Waals surface area contributed by atoms with Crippen molar-refractivity contribution in [3.63, 3.8) is 0 Å². The predicted octanol–water partition coefficient (Wildman–Crippen LogP) is 1.93. The van der Waals surface area contributed by atoms with Gasteiger partial charge in [0, 0.05) is 29.3 Å². The first-order valence-electron chi connectivity index (χ1n) is 13.1. The van der Waals surface area contributed by atoms with Gasteiger partial charge < -0.3 is 15.9 Å². The van der Waals surface area contributed by atoms with Crippen molar-refractivity contribution in [1.82, 2.24) is 24.2 Å². The average Bonchev–Trinajstić information content (AvgIpc) is 3.74. The fraction of sp³-hybridized carbons (Fsp3) is 0.241. The Morgan fingerprint density at radius 3 is 2.73 bits per heavy atom. The summed E-state index contributed by atoms with van der Waals surface area (Å²) in [5.74, 6) is 0.253. The van der Waals surface area contributed by atoms with Gasteiger partial charge in [0.2, 0.25) is 18.3 Å². The van der Waals surface area contributed by atoms with Gasteiger partial charge in [0.05, 0.1) is 23.9 Å². The number of nitrogens with zero attached hydrogens (tertiary/aromatic N) is 7. The highest BCUT2D eigenvalue weighted by Gasteiger charge is 2.25. The maximum atomic E-state index is 15.1. The maximum absolute atomic E-state index is 15.1. The molecule has 206 valence electrons. The molecule has 0 radical (unpaired) electrons. The number of halogens is 1. The fourth-order valence-electron chi connectivity index (χ4n) is 5.16. The minimum atomic E-state index is -0.564. The number of rotatable bonds is 8. The molecular formula is C29H26FN8O3+. The average molecular weight is 554 g/mol. The third-order valence-corrected chi connectivity index (χ3v) is 7.21. The van der Waals surface area contributed by atoms with E-state index in [4.69, 9.17) is 5.73 Å². The number of nitrogen functional groups attached to an aromatic ring is 1. The van der Waals surface area contributed by atoms with Crippen LogP contribution in [0.15, 0.2) is 59.8 Å². The number of aliphatic hydroxyl groups excluding tert-OH is 2. The van der Waals surface area contributed by atoms with Crippen molar-refractivity contribution in [3.8, 4) is 23.3 Å². The van der Waals surface area contributed by atoms with Crippen molar-refractivity contribution in [2.75, 3.05) is 12.3 Å². The standard InChI is InChI=1S/C29H26FN8O3/c30-23-12-20(18-4-5-18)11-19-6-7-38(28(41)26(19)23)24-3-1-2-21(22(24)15-40)27-33-25(34-29(32)35-27)10-17-13-36(8-9-39)37(14-17)16-31/h1-3,6-7,11-14,18,39-40H,4-5,8-10,15H2,(H2,32,33,34,35)/q+1. The van der Waals surface area contributed by atoms with Crippen molar-refractivity contribution in [1.29, 1.82) is 5.26 Å². The van der Waals surface area contributed by atoms with Crippen LogP contribution in [0.2, 0.25) is 0 Å². The summed E-state index contributed by atoms with van der Waals surface area (Å²) in [5.41, 5.74) is 8.25. The lowest BCUT2D eigenvalue weighted by Crippen LogP contribution is -2.42. The van der Waals surface area contributed by atoms with Crippen molar-refractivity contribution < 1.29 is 19.3 Å². The molecule has 0 amide bonds. The Labute approximate surface area is 233 Å². The molecule has 1 saturated carbocycles. The number of aromatic nitrogens is 6. The molecule has 3 heterocycles. The zero-order valence-electron chi connectivity index (χ0n) is 21.9. The van der Waals surface area contributed by atoms with Crippen LogP contribution in [0.1, 0.15) is 41.3 Å². The van der Waals surface area contributed by atoms with Crippen LogP contribution in [0.4, 0.5) is 10.3 Å². The first kappa shape index (κ1) is 26.2. The lowest BCUT2D eigenvalue weighted by atomic mass is 10.0. The summed E-state index contributed by atoms with van der Waals surface area (Å²) in [6, 6.07) is 10.1. The summed E-state index contributed by atoms with van der Waals surface area (Å²) in [7, 11) is 0. The number of aliphatic hydroxyl groups is 2. The van der Waals surface area contributed by atoms with Gasteiger partial charge in [0.15, 0.2) is 12.4 Å². The second-order valence-corrected chi connectivity index (χ2v) is 9.97. The molecule has 4 N–H and O–H groups in total. The topological polar surface area (TPSA) is 160 Å². The lowest BCUT2D eigenvalue weighted by Gasteiger charge is -2.15. The Morgan fingerprint density at radius 1 is 1.17 bits per heavy atom. The van der Waals surface area contributed by atoms with E-state index in [1.54, 1.807) is 47.5 Å². The number of nitriles is 1. The summed E-state index contributed by atoms with van der Waals surface area (Å²) in [5, 5.41) is 29.5. The molecule has 0 spiro atoms. The molecule has 0 bridgehead atoms. The van der Waals surface area contributed by atoms with Gasteiger partial charge in [-0.25, -0.2) is 9.37 Å². The van der Waals surface area contributed by atoms with Crippen molar-refractivity contribution in [2.45, 2.75) is 38.3 Å². The number of hydrogen-bond donors (Lipinski definition) is 3. The highest BCUT2D eigenvalue weighted by molar-refractivity contribution is 5.83. The molecule has 0 aliphatic heterocycles. The van der Waals surface area contributed by atoms with Crippen LogP contribution in [-0.4, -0.2) is 41.0 Å². The largest absolute Gasteiger partial charge is 0.392 e. The van der Waals surface area contributed by atoms with E-state index in [-0.39, 0.29) is 36.7 Å². The first-order chi connectivity index (χ1) is 19.9. The van der Waals surface area contributed by atoms with Gasteiger partial charge in [0.25, 0.3) is 5.56 Å². The molecule has 41 heavy (non-hydrogen) atoms. The number of pyridine rings is 1. The molecule has 1 fully saturated rings. The Hall–Kier alpha value is -4.99. The summed E-state index contributed by atoms with van der Waals surface area (Å²) in [6.45, 7) is -0.343. The van der Waals surface area contributed by atoms with E-state index < -0.39 is 18.0 Å².